The van der Waals surface area contributed by atoms with Crippen molar-refractivity contribution in [1.82, 2.24) is 5.32 Å². The summed E-state index contributed by atoms with van der Waals surface area (Å²) in [5, 5.41) is 3.09. The van der Waals surface area contributed by atoms with E-state index >= 15 is 0 Å². The molecule has 28 heavy (non-hydrogen) atoms. The standard InChI is InChI=1S/C21H31NO5Si/c1-21(2,3)28(5,6)27-17-9-7-8-15(19(17)22-20(23)24-4)14-10-11-16-18(12-14)26-13-25-16/h7,9-12,15,17,19H,8,13H2,1-6H3,(H,22,23)/t15-,17-,19-/m1/s1. The van der Waals surface area contributed by atoms with Gasteiger partial charge in [-0.1, -0.05) is 39.0 Å². The first-order chi connectivity index (χ1) is 13.1. The van der Waals surface area contributed by atoms with Gasteiger partial charge < -0.3 is 24.0 Å². The van der Waals surface area contributed by atoms with E-state index < -0.39 is 14.4 Å². The Labute approximate surface area is 168 Å². The molecule has 0 aromatic heterocycles. The van der Waals surface area contributed by atoms with E-state index in [1.807, 2.05) is 18.2 Å². The molecule has 0 bridgehead atoms. The first-order valence-corrected chi connectivity index (χ1v) is 12.6. The summed E-state index contributed by atoms with van der Waals surface area (Å²) in [6.45, 7) is 11.3. The molecule has 1 N–H and O–H groups in total. The Morgan fingerprint density at radius 2 is 1.93 bits per heavy atom. The largest absolute Gasteiger partial charge is 0.454 e. The second-order valence-corrected chi connectivity index (χ2v) is 13.6. The van der Waals surface area contributed by atoms with Gasteiger partial charge in [0.1, 0.15) is 0 Å². The molecular weight excluding hydrogens is 374 g/mol. The normalized spacial score (nSPS) is 24.1. The highest BCUT2D eigenvalue weighted by molar-refractivity contribution is 6.74. The first-order valence-electron chi connectivity index (χ1n) is 9.71. The molecule has 3 atom stereocenters. The van der Waals surface area contributed by atoms with Crippen molar-refractivity contribution in [3.63, 3.8) is 0 Å². The van der Waals surface area contributed by atoms with E-state index in [0.29, 0.717) is 0 Å². The zero-order chi connectivity index (χ0) is 20.5. The van der Waals surface area contributed by atoms with Gasteiger partial charge >= 0.3 is 6.09 Å². The zero-order valence-electron chi connectivity index (χ0n) is 17.6. The maximum absolute atomic E-state index is 12.1. The van der Waals surface area contributed by atoms with Crippen molar-refractivity contribution in [3.05, 3.63) is 35.9 Å². The lowest BCUT2D eigenvalue weighted by Crippen LogP contribution is -2.54. The van der Waals surface area contributed by atoms with Crippen LogP contribution in [0.4, 0.5) is 4.79 Å². The highest BCUT2D eigenvalue weighted by atomic mass is 28.4. The van der Waals surface area contributed by atoms with Crippen molar-refractivity contribution in [3.8, 4) is 11.5 Å². The number of fused-ring (bicyclic) bond motifs is 1. The predicted molar refractivity (Wildman–Crippen MR) is 110 cm³/mol. The molecule has 2 aliphatic rings. The summed E-state index contributed by atoms with van der Waals surface area (Å²) < 4.78 is 22.5. The van der Waals surface area contributed by atoms with E-state index in [9.17, 15) is 4.79 Å². The van der Waals surface area contributed by atoms with Gasteiger partial charge in [-0.25, -0.2) is 4.79 Å². The van der Waals surface area contributed by atoms with Crippen LogP contribution in [0.3, 0.4) is 0 Å². The summed E-state index contributed by atoms with van der Waals surface area (Å²) in [5.41, 5.74) is 1.08. The molecule has 0 radical (unpaired) electrons. The molecule has 0 fully saturated rings. The molecule has 154 valence electrons. The molecule has 1 amide bonds. The van der Waals surface area contributed by atoms with Gasteiger partial charge in [-0.15, -0.1) is 0 Å². The van der Waals surface area contributed by atoms with Crippen molar-refractivity contribution in [2.24, 2.45) is 0 Å². The van der Waals surface area contributed by atoms with Crippen LogP contribution >= 0.6 is 0 Å². The van der Waals surface area contributed by atoms with E-state index in [4.69, 9.17) is 18.6 Å². The minimum atomic E-state index is -2.03. The van der Waals surface area contributed by atoms with Crippen LogP contribution in [0.15, 0.2) is 30.4 Å². The quantitative estimate of drug-likeness (QED) is 0.587. The van der Waals surface area contributed by atoms with Crippen LogP contribution in [-0.2, 0) is 9.16 Å². The fraction of sp³-hybridized carbons (Fsp3) is 0.571. The van der Waals surface area contributed by atoms with Crippen molar-refractivity contribution in [1.29, 1.82) is 0 Å². The third-order valence-electron chi connectivity index (χ3n) is 6.03. The Bertz CT molecular complexity index is 756. The zero-order valence-corrected chi connectivity index (χ0v) is 18.6. The van der Waals surface area contributed by atoms with Crippen LogP contribution in [0.25, 0.3) is 0 Å². The van der Waals surface area contributed by atoms with Crippen molar-refractivity contribution >= 4 is 14.4 Å². The third-order valence-corrected chi connectivity index (χ3v) is 10.5. The van der Waals surface area contributed by atoms with E-state index in [0.717, 1.165) is 23.5 Å². The fourth-order valence-electron chi connectivity index (χ4n) is 3.35. The number of carbonyl (C=O) groups excluding carboxylic acids is 1. The topological polar surface area (TPSA) is 66.0 Å². The number of ether oxygens (including phenoxy) is 3. The van der Waals surface area contributed by atoms with Crippen molar-refractivity contribution in [2.45, 2.75) is 63.4 Å². The average Bonchev–Trinajstić information content (AvgIpc) is 3.09. The molecule has 1 heterocycles. The highest BCUT2D eigenvalue weighted by Gasteiger charge is 2.43. The molecule has 0 saturated carbocycles. The molecule has 1 aliphatic heterocycles. The highest BCUT2D eigenvalue weighted by Crippen LogP contribution is 2.42. The maximum atomic E-state index is 12.1. The molecule has 7 heteroatoms. The van der Waals surface area contributed by atoms with Crippen molar-refractivity contribution < 1.29 is 23.4 Å². The number of nitrogens with one attached hydrogen (secondary N) is 1. The number of allylic oxidation sites excluding steroid dienone is 1. The van der Waals surface area contributed by atoms with E-state index in [-0.39, 0.29) is 29.9 Å². The third kappa shape index (κ3) is 4.20. The Hall–Kier alpha value is -1.99. The summed E-state index contributed by atoms with van der Waals surface area (Å²) in [4.78, 5) is 12.1. The molecule has 6 nitrogen and oxygen atoms in total. The molecule has 1 aromatic carbocycles. The van der Waals surface area contributed by atoms with Gasteiger partial charge in [0.15, 0.2) is 19.8 Å². The lowest BCUT2D eigenvalue weighted by Gasteiger charge is -2.43. The number of benzene rings is 1. The molecule has 3 rings (SSSR count). The number of carbonyl (C=O) groups is 1. The monoisotopic (exact) mass is 405 g/mol. The van der Waals surface area contributed by atoms with Gasteiger partial charge in [0, 0.05) is 5.92 Å². The molecule has 0 unspecified atom stereocenters. The number of amides is 1. The van der Waals surface area contributed by atoms with E-state index in [1.54, 1.807) is 0 Å². The smallest absolute Gasteiger partial charge is 0.407 e. The Morgan fingerprint density at radius 1 is 1.21 bits per heavy atom. The first kappa shape index (κ1) is 20.7. The summed E-state index contributed by atoms with van der Waals surface area (Å²) in [7, 11) is -0.648. The van der Waals surface area contributed by atoms with E-state index in [2.05, 4.69) is 51.3 Å². The second kappa shape index (κ2) is 7.79. The summed E-state index contributed by atoms with van der Waals surface area (Å²) in [6.07, 6.45) is 4.35. The number of rotatable bonds is 4. The van der Waals surface area contributed by atoms with Crippen LogP contribution < -0.4 is 14.8 Å². The van der Waals surface area contributed by atoms with Gasteiger partial charge in [0.2, 0.25) is 6.79 Å². The average molecular weight is 406 g/mol. The van der Waals surface area contributed by atoms with Gasteiger partial charge in [0.25, 0.3) is 0 Å². The van der Waals surface area contributed by atoms with Crippen LogP contribution in [-0.4, -0.2) is 40.5 Å². The van der Waals surface area contributed by atoms with Crippen LogP contribution in [0.2, 0.25) is 18.1 Å². The predicted octanol–water partition coefficient (Wildman–Crippen LogP) is 4.57. The van der Waals surface area contributed by atoms with Gasteiger partial charge in [-0.05, 0) is 42.2 Å². The Kier molecular flexibility index (Phi) is 5.77. The Balaban J connectivity index is 1.91. The fourth-order valence-corrected chi connectivity index (χ4v) is 4.61. The summed E-state index contributed by atoms with van der Waals surface area (Å²) in [6, 6.07) is 5.73. The van der Waals surface area contributed by atoms with Crippen molar-refractivity contribution in [2.75, 3.05) is 13.9 Å². The molecular formula is C21H31NO5Si. The van der Waals surface area contributed by atoms with E-state index in [1.165, 1.54) is 7.11 Å². The SMILES string of the molecule is COC(=O)N[C@@H]1[C@@H](c2ccc3c(c2)OCO3)CC=C[C@H]1O[Si](C)(C)C(C)(C)C. The molecule has 0 spiro atoms. The van der Waals surface area contributed by atoms with Crippen LogP contribution in [0.5, 0.6) is 11.5 Å². The number of alkyl carbamates (subject to hydrolysis) is 1. The molecule has 0 saturated heterocycles. The van der Waals surface area contributed by atoms with Crippen LogP contribution in [0.1, 0.15) is 38.7 Å². The van der Waals surface area contributed by atoms with Gasteiger partial charge in [0.05, 0.1) is 19.3 Å². The number of hydrogen-bond acceptors (Lipinski definition) is 5. The molecule has 1 aliphatic carbocycles. The lowest BCUT2D eigenvalue weighted by molar-refractivity contribution is 0.129. The minimum absolute atomic E-state index is 0.0494. The molecule has 1 aromatic rings. The van der Waals surface area contributed by atoms with Crippen LogP contribution in [0, 0.1) is 0 Å². The number of hydrogen-bond donors (Lipinski definition) is 1. The number of methoxy groups -OCH3 is 1. The maximum Gasteiger partial charge on any atom is 0.407 e. The summed E-state index contributed by atoms with van der Waals surface area (Å²) >= 11 is 0. The van der Waals surface area contributed by atoms with Gasteiger partial charge in [-0.3, -0.25) is 0 Å². The Morgan fingerprint density at radius 3 is 2.61 bits per heavy atom. The minimum Gasteiger partial charge on any atom is -0.454 e. The second-order valence-electron chi connectivity index (χ2n) is 8.89. The lowest BCUT2D eigenvalue weighted by atomic mass is 9.82. The van der Waals surface area contributed by atoms with Gasteiger partial charge in [-0.2, -0.15) is 0 Å². The summed E-state index contributed by atoms with van der Waals surface area (Å²) in [5.74, 6) is 1.54.